The van der Waals surface area contributed by atoms with Gasteiger partial charge in [0, 0.05) is 5.02 Å². The normalized spacial score (nSPS) is 11.4. The summed E-state index contributed by atoms with van der Waals surface area (Å²) in [4.78, 5) is 16.0. The van der Waals surface area contributed by atoms with Crippen LogP contribution >= 0.6 is 23.2 Å². The van der Waals surface area contributed by atoms with Crippen molar-refractivity contribution in [2.45, 2.75) is 25.9 Å². The molecular formula is C16H12Cl2F4N6O. The fraction of sp³-hybridized carbons (Fsp3) is 0.250. The molecule has 1 aromatic carbocycles. The van der Waals surface area contributed by atoms with Crippen molar-refractivity contribution in [1.82, 2.24) is 24.5 Å². The molecule has 0 atom stereocenters. The third-order valence-corrected chi connectivity index (χ3v) is 4.50. The Balaban J connectivity index is 1.70. The lowest BCUT2D eigenvalue weighted by atomic mass is 10.2. The zero-order valence-corrected chi connectivity index (χ0v) is 15.9. The molecule has 3 rings (SSSR count). The molecule has 154 valence electrons. The van der Waals surface area contributed by atoms with Crippen molar-refractivity contribution in [1.29, 1.82) is 0 Å². The van der Waals surface area contributed by atoms with Crippen LogP contribution in [0.5, 0.6) is 0 Å². The van der Waals surface area contributed by atoms with E-state index in [1.807, 2.05) is 0 Å². The second kappa shape index (κ2) is 8.78. The number of hydrogen-bond acceptors (Lipinski definition) is 4. The number of carbonyl (C=O) groups is 1. The van der Waals surface area contributed by atoms with Gasteiger partial charge in [0.25, 0.3) is 12.9 Å². The van der Waals surface area contributed by atoms with Gasteiger partial charge in [0.15, 0.2) is 0 Å². The minimum atomic E-state index is -3.19. The Labute approximate surface area is 171 Å². The standard InChI is InChI=1S/C16H12Cl2F4N6O/c17-9-4-2-1-3-8(9)5-27-7-23-16(26-27)24-10(29)6-28-13(15(21)22)11(18)12(25-28)14(19)20/h1-4,7,14-15H,5-6H2,(H,24,26,29). The summed E-state index contributed by atoms with van der Waals surface area (Å²) in [5.41, 5.74) is -1.21. The molecule has 0 fully saturated rings. The minimum absolute atomic E-state index is 0.104. The van der Waals surface area contributed by atoms with E-state index in [1.165, 1.54) is 11.0 Å². The molecule has 0 aliphatic heterocycles. The molecule has 0 saturated heterocycles. The SMILES string of the molecule is O=C(Cn1nc(C(F)F)c(Cl)c1C(F)F)Nc1ncn(Cc2ccccc2Cl)n1. The first kappa shape index (κ1) is 21.1. The first-order chi connectivity index (χ1) is 13.8. The summed E-state index contributed by atoms with van der Waals surface area (Å²) in [5, 5.41) is 9.28. The Morgan fingerprint density at radius 1 is 1.10 bits per heavy atom. The molecule has 2 aromatic heterocycles. The lowest BCUT2D eigenvalue weighted by molar-refractivity contribution is -0.117. The predicted molar refractivity (Wildman–Crippen MR) is 96.4 cm³/mol. The Hall–Kier alpha value is -2.66. The first-order valence-electron chi connectivity index (χ1n) is 8.01. The average Bonchev–Trinajstić information content (AvgIpc) is 3.20. The van der Waals surface area contributed by atoms with E-state index in [0.717, 1.165) is 5.56 Å². The Bertz CT molecular complexity index is 1020. The van der Waals surface area contributed by atoms with Crippen molar-refractivity contribution in [2.75, 3.05) is 5.32 Å². The number of rotatable bonds is 7. The highest BCUT2D eigenvalue weighted by atomic mass is 35.5. The highest BCUT2D eigenvalue weighted by molar-refractivity contribution is 6.32. The van der Waals surface area contributed by atoms with Gasteiger partial charge in [-0.25, -0.2) is 27.2 Å². The number of benzene rings is 1. The Morgan fingerprint density at radius 3 is 2.48 bits per heavy atom. The quantitative estimate of drug-likeness (QED) is 0.543. The molecule has 0 unspecified atom stereocenters. The van der Waals surface area contributed by atoms with Crippen LogP contribution in [0.15, 0.2) is 30.6 Å². The second-order valence-corrected chi connectivity index (χ2v) is 6.53. The van der Waals surface area contributed by atoms with Crippen LogP contribution in [0.25, 0.3) is 0 Å². The molecule has 0 bridgehead atoms. The van der Waals surface area contributed by atoms with Crippen molar-refractivity contribution in [2.24, 2.45) is 0 Å². The zero-order chi connectivity index (χ0) is 21.1. The van der Waals surface area contributed by atoms with Crippen molar-refractivity contribution >= 4 is 35.1 Å². The van der Waals surface area contributed by atoms with E-state index in [4.69, 9.17) is 23.2 Å². The summed E-state index contributed by atoms with van der Waals surface area (Å²) in [6.07, 6.45) is -5.02. The fourth-order valence-electron chi connectivity index (χ4n) is 2.47. The van der Waals surface area contributed by atoms with Gasteiger partial charge in [-0.1, -0.05) is 41.4 Å². The van der Waals surface area contributed by atoms with Crippen LogP contribution in [0.4, 0.5) is 23.5 Å². The maximum absolute atomic E-state index is 13.1. The smallest absolute Gasteiger partial charge is 0.283 e. The number of anilines is 1. The number of hydrogen-bond donors (Lipinski definition) is 1. The molecule has 0 spiro atoms. The summed E-state index contributed by atoms with van der Waals surface area (Å²) in [6, 6.07) is 7.06. The molecule has 0 aliphatic carbocycles. The van der Waals surface area contributed by atoms with E-state index in [-0.39, 0.29) is 12.5 Å². The minimum Gasteiger partial charge on any atom is -0.292 e. The van der Waals surface area contributed by atoms with Crippen LogP contribution in [0.2, 0.25) is 10.0 Å². The second-order valence-electron chi connectivity index (χ2n) is 5.75. The molecule has 0 aliphatic rings. The van der Waals surface area contributed by atoms with Crippen LogP contribution < -0.4 is 5.32 Å². The van der Waals surface area contributed by atoms with Gasteiger partial charge in [-0.2, -0.15) is 5.10 Å². The number of nitrogens with one attached hydrogen (secondary N) is 1. The van der Waals surface area contributed by atoms with E-state index >= 15 is 0 Å². The highest BCUT2D eigenvalue weighted by Gasteiger charge is 2.28. The monoisotopic (exact) mass is 450 g/mol. The first-order valence-corrected chi connectivity index (χ1v) is 8.77. The van der Waals surface area contributed by atoms with Gasteiger partial charge in [0.1, 0.15) is 24.3 Å². The lowest BCUT2D eigenvalue weighted by Crippen LogP contribution is -2.22. The Morgan fingerprint density at radius 2 is 1.83 bits per heavy atom. The summed E-state index contributed by atoms with van der Waals surface area (Å²) in [7, 11) is 0. The van der Waals surface area contributed by atoms with Crippen molar-refractivity contribution in [3.8, 4) is 0 Å². The fourth-order valence-corrected chi connectivity index (χ4v) is 2.97. The summed E-state index contributed by atoms with van der Waals surface area (Å²) in [6.45, 7) is -0.490. The molecule has 2 heterocycles. The van der Waals surface area contributed by atoms with Gasteiger partial charge in [0.05, 0.1) is 11.6 Å². The molecule has 29 heavy (non-hydrogen) atoms. The number of halogens is 6. The number of nitrogens with zero attached hydrogens (tertiary/aromatic N) is 5. The average molecular weight is 451 g/mol. The van der Waals surface area contributed by atoms with E-state index in [0.29, 0.717) is 9.70 Å². The van der Waals surface area contributed by atoms with Gasteiger partial charge in [-0.05, 0) is 11.6 Å². The largest absolute Gasteiger partial charge is 0.292 e. The molecule has 0 radical (unpaired) electrons. The van der Waals surface area contributed by atoms with Crippen LogP contribution in [0, 0.1) is 0 Å². The van der Waals surface area contributed by atoms with Crippen LogP contribution in [-0.2, 0) is 17.9 Å². The topological polar surface area (TPSA) is 77.6 Å². The van der Waals surface area contributed by atoms with Crippen LogP contribution in [0.1, 0.15) is 29.8 Å². The maximum atomic E-state index is 13.1. The lowest BCUT2D eigenvalue weighted by Gasteiger charge is -2.06. The number of aromatic nitrogens is 5. The van der Waals surface area contributed by atoms with E-state index in [2.05, 4.69) is 20.5 Å². The van der Waals surface area contributed by atoms with Gasteiger partial charge in [-0.15, -0.1) is 5.10 Å². The maximum Gasteiger partial charge on any atom is 0.283 e. The number of amides is 1. The van der Waals surface area contributed by atoms with E-state index in [9.17, 15) is 22.4 Å². The van der Waals surface area contributed by atoms with Crippen LogP contribution in [0.3, 0.4) is 0 Å². The zero-order valence-electron chi connectivity index (χ0n) is 14.4. The summed E-state index contributed by atoms with van der Waals surface area (Å²) < 4.78 is 53.8. The van der Waals surface area contributed by atoms with Gasteiger partial charge in [-0.3, -0.25) is 14.8 Å². The van der Waals surface area contributed by atoms with Crippen molar-refractivity contribution in [3.05, 3.63) is 57.6 Å². The van der Waals surface area contributed by atoms with Crippen LogP contribution in [-0.4, -0.2) is 30.5 Å². The van der Waals surface area contributed by atoms with E-state index < -0.39 is 41.7 Å². The molecule has 0 saturated carbocycles. The third-order valence-electron chi connectivity index (χ3n) is 3.74. The molecule has 1 N–H and O–H groups in total. The summed E-state index contributed by atoms with van der Waals surface area (Å²) in [5.74, 6) is -0.949. The summed E-state index contributed by atoms with van der Waals surface area (Å²) >= 11 is 11.6. The van der Waals surface area contributed by atoms with Gasteiger partial charge >= 0.3 is 0 Å². The predicted octanol–water partition coefficient (Wildman–Crippen LogP) is 4.34. The third kappa shape index (κ3) is 4.85. The van der Waals surface area contributed by atoms with E-state index in [1.54, 1.807) is 24.3 Å². The van der Waals surface area contributed by atoms with Gasteiger partial charge in [0.2, 0.25) is 11.9 Å². The number of carbonyl (C=O) groups excluding carboxylic acids is 1. The molecular weight excluding hydrogens is 439 g/mol. The van der Waals surface area contributed by atoms with Crippen molar-refractivity contribution in [3.63, 3.8) is 0 Å². The molecule has 3 aromatic rings. The highest BCUT2D eigenvalue weighted by Crippen LogP contribution is 2.34. The molecule has 13 heteroatoms. The van der Waals surface area contributed by atoms with Crippen molar-refractivity contribution < 1.29 is 22.4 Å². The Kier molecular flexibility index (Phi) is 6.38. The van der Waals surface area contributed by atoms with Gasteiger partial charge < -0.3 is 0 Å². The molecule has 1 amide bonds. The number of alkyl halides is 4. The molecule has 7 nitrogen and oxygen atoms in total.